The summed E-state index contributed by atoms with van der Waals surface area (Å²) in [5.41, 5.74) is 2.13. The van der Waals surface area contributed by atoms with E-state index >= 15 is 0 Å². The molecule has 0 atom stereocenters. The average Bonchev–Trinajstić information content (AvgIpc) is 2.61. The molecule has 0 fully saturated rings. The van der Waals surface area contributed by atoms with Gasteiger partial charge in [0.1, 0.15) is 12.9 Å². The van der Waals surface area contributed by atoms with Gasteiger partial charge in [-0.05, 0) is 17.4 Å². The van der Waals surface area contributed by atoms with Crippen LogP contribution < -0.4 is 0 Å². The van der Waals surface area contributed by atoms with Crippen molar-refractivity contribution < 1.29 is 0 Å². The van der Waals surface area contributed by atoms with Crippen LogP contribution in [0.1, 0.15) is 19.5 Å². The number of hydrogen-bond donors (Lipinski definition) is 0. The van der Waals surface area contributed by atoms with Crippen molar-refractivity contribution in [3.8, 4) is 0 Å². The first kappa shape index (κ1) is 9.32. The van der Waals surface area contributed by atoms with E-state index in [1.54, 1.807) is 0 Å². The maximum atomic E-state index is 4.59. The third kappa shape index (κ3) is 1.43. The molecule has 71 valence electrons. The molecular weight excluding hydrogens is 171 g/mol. The number of imidazole rings is 1. The van der Waals surface area contributed by atoms with Crippen molar-refractivity contribution in [2.24, 2.45) is 0 Å². The first-order valence-corrected chi connectivity index (χ1v) is 4.88. The number of aromatic nitrogens is 2. The maximum absolute atomic E-state index is 4.59. The van der Waals surface area contributed by atoms with Crippen LogP contribution in [0.25, 0.3) is 5.65 Å². The fourth-order valence-corrected chi connectivity index (χ4v) is 1.39. The van der Waals surface area contributed by atoms with Crippen LogP contribution in [-0.4, -0.2) is 16.7 Å². The number of pyridine rings is 1. The highest BCUT2D eigenvalue weighted by Crippen LogP contribution is 2.20. The van der Waals surface area contributed by atoms with Crippen molar-refractivity contribution >= 4 is 12.9 Å². The molecule has 2 heterocycles. The summed E-state index contributed by atoms with van der Waals surface area (Å²) in [6, 6.07) is 6.05. The van der Waals surface area contributed by atoms with Crippen LogP contribution in [0.5, 0.6) is 0 Å². The summed E-state index contributed by atoms with van der Waals surface area (Å²) in [6.07, 6.45) is 4.12. The standard InChI is InChI=1S/C11H14BN2/c1-11(2,12-3)9-8-14-7-5-4-6-10(14)13-9/h4-8H,1-3H3. The molecule has 0 bridgehead atoms. The summed E-state index contributed by atoms with van der Waals surface area (Å²) >= 11 is 0. The topological polar surface area (TPSA) is 17.3 Å². The van der Waals surface area contributed by atoms with Gasteiger partial charge in [-0.25, -0.2) is 4.98 Å². The van der Waals surface area contributed by atoms with Crippen LogP contribution in [0, 0.1) is 0 Å². The second kappa shape index (κ2) is 3.16. The van der Waals surface area contributed by atoms with Crippen molar-refractivity contribution in [1.82, 2.24) is 9.38 Å². The smallest absolute Gasteiger partial charge is 0.136 e. The summed E-state index contributed by atoms with van der Waals surface area (Å²) in [5.74, 6) is 0. The zero-order chi connectivity index (χ0) is 10.2. The normalized spacial score (nSPS) is 11.9. The van der Waals surface area contributed by atoms with Gasteiger partial charge in [-0.2, -0.15) is 0 Å². The van der Waals surface area contributed by atoms with Crippen LogP contribution in [-0.2, 0) is 5.31 Å². The van der Waals surface area contributed by atoms with Gasteiger partial charge in [-0.15, -0.1) is 0 Å². The Hall–Kier alpha value is -1.25. The maximum Gasteiger partial charge on any atom is 0.136 e. The second-order valence-electron chi connectivity index (χ2n) is 4.10. The monoisotopic (exact) mass is 185 g/mol. The van der Waals surface area contributed by atoms with Gasteiger partial charge in [0.15, 0.2) is 0 Å². The molecule has 0 amide bonds. The Morgan fingerprint density at radius 2 is 2.14 bits per heavy atom. The predicted molar refractivity (Wildman–Crippen MR) is 59.8 cm³/mol. The van der Waals surface area contributed by atoms with Crippen molar-refractivity contribution in [1.29, 1.82) is 0 Å². The Labute approximate surface area is 85.2 Å². The van der Waals surface area contributed by atoms with Gasteiger partial charge in [0.2, 0.25) is 0 Å². The van der Waals surface area contributed by atoms with E-state index in [0.717, 1.165) is 11.3 Å². The van der Waals surface area contributed by atoms with Gasteiger partial charge in [-0.3, -0.25) is 0 Å². The average molecular weight is 185 g/mol. The molecule has 2 aromatic heterocycles. The summed E-state index contributed by atoms with van der Waals surface area (Å²) in [4.78, 5) is 4.59. The van der Waals surface area contributed by atoms with Crippen molar-refractivity contribution in [2.45, 2.75) is 26.0 Å². The highest BCUT2D eigenvalue weighted by Gasteiger charge is 2.21. The van der Waals surface area contributed by atoms with Gasteiger partial charge in [0, 0.05) is 12.4 Å². The first-order valence-electron chi connectivity index (χ1n) is 4.88. The van der Waals surface area contributed by atoms with Crippen molar-refractivity contribution in [3.05, 3.63) is 36.3 Å². The van der Waals surface area contributed by atoms with Crippen LogP contribution in [0.2, 0.25) is 6.82 Å². The molecule has 3 heteroatoms. The molecule has 14 heavy (non-hydrogen) atoms. The lowest BCUT2D eigenvalue weighted by atomic mass is 9.55. The largest absolute Gasteiger partial charge is 0.307 e. The minimum absolute atomic E-state index is 0.0476. The molecule has 2 aromatic rings. The Morgan fingerprint density at radius 1 is 1.36 bits per heavy atom. The van der Waals surface area contributed by atoms with Gasteiger partial charge < -0.3 is 4.40 Å². The summed E-state index contributed by atoms with van der Waals surface area (Å²) < 4.78 is 2.06. The van der Waals surface area contributed by atoms with E-state index in [1.165, 1.54) is 0 Å². The quantitative estimate of drug-likeness (QED) is 0.656. The summed E-state index contributed by atoms with van der Waals surface area (Å²) in [5, 5.41) is 0.0476. The Bertz CT molecular complexity index is 412. The highest BCUT2D eigenvalue weighted by atomic mass is 15.0. The Kier molecular flexibility index (Phi) is 2.10. The molecule has 0 aliphatic rings. The fourth-order valence-electron chi connectivity index (χ4n) is 1.39. The lowest BCUT2D eigenvalue weighted by Gasteiger charge is -2.18. The number of fused-ring (bicyclic) bond motifs is 1. The Balaban J connectivity index is 2.55. The fraction of sp³-hybridized carbons (Fsp3) is 0.364. The van der Waals surface area contributed by atoms with Crippen LogP contribution >= 0.6 is 0 Å². The van der Waals surface area contributed by atoms with E-state index in [0.29, 0.717) is 0 Å². The second-order valence-corrected chi connectivity index (χ2v) is 4.10. The Morgan fingerprint density at radius 3 is 2.79 bits per heavy atom. The SMILES string of the molecule is C[B]C(C)(C)c1cn2ccccc2n1. The van der Waals surface area contributed by atoms with E-state index in [1.807, 2.05) is 24.4 Å². The molecule has 0 spiro atoms. The molecule has 0 N–H and O–H groups in total. The van der Waals surface area contributed by atoms with Crippen LogP contribution in [0.4, 0.5) is 0 Å². The van der Waals surface area contributed by atoms with Gasteiger partial charge >= 0.3 is 0 Å². The molecule has 0 aromatic carbocycles. The predicted octanol–water partition coefficient (Wildman–Crippen LogP) is 2.32. The first-order chi connectivity index (χ1) is 6.63. The molecule has 0 aliphatic carbocycles. The van der Waals surface area contributed by atoms with Crippen LogP contribution in [0.15, 0.2) is 30.6 Å². The summed E-state index contributed by atoms with van der Waals surface area (Å²) in [7, 11) is 2.18. The molecule has 2 nitrogen and oxygen atoms in total. The molecule has 0 saturated heterocycles. The molecule has 2 rings (SSSR count). The lowest BCUT2D eigenvalue weighted by Crippen LogP contribution is -2.23. The van der Waals surface area contributed by atoms with Crippen LogP contribution in [0.3, 0.4) is 0 Å². The van der Waals surface area contributed by atoms with E-state index < -0.39 is 0 Å². The molecule has 1 radical (unpaired) electrons. The number of rotatable bonds is 2. The van der Waals surface area contributed by atoms with Gasteiger partial charge in [0.05, 0.1) is 5.69 Å². The van der Waals surface area contributed by atoms with E-state index in [9.17, 15) is 0 Å². The third-order valence-corrected chi connectivity index (χ3v) is 2.75. The van der Waals surface area contributed by atoms with E-state index in [4.69, 9.17) is 0 Å². The highest BCUT2D eigenvalue weighted by molar-refractivity contribution is 6.38. The zero-order valence-corrected chi connectivity index (χ0v) is 8.86. The van der Waals surface area contributed by atoms with Crippen molar-refractivity contribution in [3.63, 3.8) is 0 Å². The zero-order valence-electron chi connectivity index (χ0n) is 8.86. The van der Waals surface area contributed by atoms with E-state index in [2.05, 4.69) is 43.5 Å². The number of hydrogen-bond acceptors (Lipinski definition) is 1. The number of nitrogens with zero attached hydrogens (tertiary/aromatic N) is 2. The molecule has 0 saturated carbocycles. The van der Waals surface area contributed by atoms with Gasteiger partial charge in [0.25, 0.3) is 0 Å². The molecule has 0 aliphatic heterocycles. The molecular formula is C11H14BN2. The minimum atomic E-state index is 0.0476. The molecule has 0 unspecified atom stereocenters. The van der Waals surface area contributed by atoms with Gasteiger partial charge in [-0.1, -0.05) is 26.7 Å². The summed E-state index contributed by atoms with van der Waals surface area (Å²) in [6.45, 7) is 6.42. The third-order valence-electron chi connectivity index (χ3n) is 2.75. The minimum Gasteiger partial charge on any atom is -0.307 e. The van der Waals surface area contributed by atoms with E-state index in [-0.39, 0.29) is 5.31 Å². The lowest BCUT2D eigenvalue weighted by molar-refractivity contribution is 0.727. The van der Waals surface area contributed by atoms with Crippen molar-refractivity contribution in [2.75, 3.05) is 0 Å².